The minimum atomic E-state index is 0.770. The maximum atomic E-state index is 6.06. The molecule has 1 N–H and O–H groups in total. The van der Waals surface area contributed by atoms with Crippen LogP contribution in [-0.2, 0) is 13.0 Å². The number of nitrogens with one attached hydrogen (secondary N) is 1. The van der Waals surface area contributed by atoms with Crippen LogP contribution in [0.3, 0.4) is 0 Å². The first-order chi connectivity index (χ1) is 9.81. The standard InChI is InChI=1S/C16H13ClN2S/c17-11-4-5-14-15(8-11)20-16(19-14)13-3-1-2-10-9-18-7-6-12(10)13/h1-5,8,18H,6-7,9H2. The summed E-state index contributed by atoms with van der Waals surface area (Å²) in [6, 6.07) is 12.4. The molecule has 1 aliphatic rings. The van der Waals surface area contributed by atoms with E-state index >= 15 is 0 Å². The van der Waals surface area contributed by atoms with Gasteiger partial charge in [-0.05, 0) is 42.3 Å². The van der Waals surface area contributed by atoms with E-state index in [0.717, 1.165) is 39.8 Å². The smallest absolute Gasteiger partial charge is 0.124 e. The van der Waals surface area contributed by atoms with Gasteiger partial charge in [0.05, 0.1) is 10.2 Å². The molecule has 0 fully saturated rings. The van der Waals surface area contributed by atoms with Crippen LogP contribution in [0.1, 0.15) is 11.1 Å². The number of fused-ring (bicyclic) bond motifs is 2. The molecule has 4 heteroatoms. The van der Waals surface area contributed by atoms with Gasteiger partial charge in [0.1, 0.15) is 5.01 Å². The van der Waals surface area contributed by atoms with Gasteiger partial charge in [0.15, 0.2) is 0 Å². The van der Waals surface area contributed by atoms with E-state index in [4.69, 9.17) is 16.6 Å². The van der Waals surface area contributed by atoms with E-state index < -0.39 is 0 Å². The van der Waals surface area contributed by atoms with Crippen molar-refractivity contribution in [2.75, 3.05) is 6.54 Å². The van der Waals surface area contributed by atoms with Crippen molar-refractivity contribution in [3.63, 3.8) is 0 Å². The Balaban J connectivity index is 1.90. The lowest BCUT2D eigenvalue weighted by molar-refractivity contribution is 0.645. The van der Waals surface area contributed by atoms with Gasteiger partial charge in [-0.2, -0.15) is 0 Å². The molecule has 3 aromatic rings. The molecular weight excluding hydrogens is 288 g/mol. The molecule has 0 saturated heterocycles. The van der Waals surface area contributed by atoms with Crippen molar-refractivity contribution in [1.82, 2.24) is 10.3 Å². The van der Waals surface area contributed by atoms with Crippen molar-refractivity contribution in [2.24, 2.45) is 0 Å². The van der Waals surface area contributed by atoms with Crippen LogP contribution >= 0.6 is 22.9 Å². The van der Waals surface area contributed by atoms with Crippen molar-refractivity contribution >= 4 is 33.2 Å². The van der Waals surface area contributed by atoms with Crippen LogP contribution in [0, 0.1) is 0 Å². The molecule has 1 aliphatic heterocycles. The van der Waals surface area contributed by atoms with Gasteiger partial charge >= 0.3 is 0 Å². The molecule has 0 spiro atoms. The Kier molecular flexibility index (Phi) is 2.99. The lowest BCUT2D eigenvalue weighted by Gasteiger charge is -2.19. The normalized spacial score (nSPS) is 14.4. The Bertz CT molecular complexity index is 794. The number of aromatic nitrogens is 1. The predicted molar refractivity (Wildman–Crippen MR) is 85.5 cm³/mol. The van der Waals surface area contributed by atoms with E-state index in [1.165, 1.54) is 16.7 Å². The molecule has 0 atom stereocenters. The number of hydrogen-bond acceptors (Lipinski definition) is 3. The summed E-state index contributed by atoms with van der Waals surface area (Å²) in [5, 5.41) is 5.29. The zero-order valence-electron chi connectivity index (χ0n) is 10.8. The van der Waals surface area contributed by atoms with Gasteiger partial charge < -0.3 is 5.32 Å². The molecule has 0 radical (unpaired) electrons. The van der Waals surface area contributed by atoms with Crippen molar-refractivity contribution in [2.45, 2.75) is 13.0 Å². The molecule has 0 unspecified atom stereocenters. The van der Waals surface area contributed by atoms with E-state index in [0.29, 0.717) is 0 Å². The molecule has 0 amide bonds. The topological polar surface area (TPSA) is 24.9 Å². The molecule has 0 saturated carbocycles. The second-order valence-electron chi connectivity index (χ2n) is 5.00. The maximum Gasteiger partial charge on any atom is 0.124 e. The van der Waals surface area contributed by atoms with Gasteiger partial charge in [-0.3, -0.25) is 0 Å². The molecule has 2 nitrogen and oxygen atoms in total. The van der Waals surface area contributed by atoms with Crippen LogP contribution in [0.2, 0.25) is 5.02 Å². The first-order valence-electron chi connectivity index (χ1n) is 6.69. The van der Waals surface area contributed by atoms with E-state index in [9.17, 15) is 0 Å². The van der Waals surface area contributed by atoms with Crippen LogP contribution in [0.15, 0.2) is 36.4 Å². The lowest BCUT2D eigenvalue weighted by atomic mass is 9.96. The van der Waals surface area contributed by atoms with E-state index in [1.54, 1.807) is 11.3 Å². The summed E-state index contributed by atoms with van der Waals surface area (Å²) in [7, 11) is 0. The second-order valence-corrected chi connectivity index (χ2v) is 6.47. The Morgan fingerprint density at radius 3 is 3.10 bits per heavy atom. The van der Waals surface area contributed by atoms with Crippen LogP contribution in [-0.4, -0.2) is 11.5 Å². The number of hydrogen-bond donors (Lipinski definition) is 1. The van der Waals surface area contributed by atoms with Gasteiger partial charge in [-0.15, -0.1) is 11.3 Å². The van der Waals surface area contributed by atoms with Gasteiger partial charge in [-0.1, -0.05) is 29.8 Å². The molecular formula is C16H13ClN2S. The Hall–Kier alpha value is -1.42. The fourth-order valence-corrected chi connectivity index (χ4v) is 4.04. The van der Waals surface area contributed by atoms with Crippen LogP contribution in [0.5, 0.6) is 0 Å². The average molecular weight is 301 g/mol. The molecule has 2 heterocycles. The number of benzene rings is 2. The second kappa shape index (κ2) is 4.85. The summed E-state index contributed by atoms with van der Waals surface area (Å²) in [4.78, 5) is 4.77. The number of nitrogens with zero attached hydrogens (tertiary/aromatic N) is 1. The van der Waals surface area contributed by atoms with Gasteiger partial charge in [-0.25, -0.2) is 4.98 Å². The highest BCUT2D eigenvalue weighted by Crippen LogP contribution is 2.35. The SMILES string of the molecule is Clc1ccc2nc(-c3cccc4c3CCNC4)sc2c1. The van der Waals surface area contributed by atoms with Crippen LogP contribution in [0.25, 0.3) is 20.8 Å². The number of halogens is 1. The Morgan fingerprint density at radius 2 is 2.15 bits per heavy atom. The third-order valence-electron chi connectivity index (χ3n) is 3.72. The summed E-state index contributed by atoms with van der Waals surface area (Å²) in [5.41, 5.74) is 5.14. The molecule has 20 heavy (non-hydrogen) atoms. The highest BCUT2D eigenvalue weighted by molar-refractivity contribution is 7.21. The van der Waals surface area contributed by atoms with Gasteiger partial charge in [0, 0.05) is 17.1 Å². The first-order valence-corrected chi connectivity index (χ1v) is 7.89. The summed E-state index contributed by atoms with van der Waals surface area (Å²) in [6.45, 7) is 2.00. The van der Waals surface area contributed by atoms with E-state index in [2.05, 4.69) is 23.5 Å². The fraction of sp³-hybridized carbons (Fsp3) is 0.188. The third-order valence-corrected chi connectivity index (χ3v) is 5.01. The molecule has 0 bridgehead atoms. The average Bonchev–Trinajstić information content (AvgIpc) is 2.89. The van der Waals surface area contributed by atoms with Crippen molar-refractivity contribution in [3.8, 4) is 10.6 Å². The molecule has 2 aromatic carbocycles. The quantitative estimate of drug-likeness (QED) is 0.726. The number of thiazole rings is 1. The molecule has 1 aromatic heterocycles. The largest absolute Gasteiger partial charge is 0.312 e. The highest BCUT2D eigenvalue weighted by atomic mass is 35.5. The third kappa shape index (κ3) is 2.03. The minimum Gasteiger partial charge on any atom is -0.312 e. The lowest BCUT2D eigenvalue weighted by Crippen LogP contribution is -2.23. The summed E-state index contributed by atoms with van der Waals surface area (Å²) in [6.07, 6.45) is 1.07. The maximum absolute atomic E-state index is 6.06. The summed E-state index contributed by atoms with van der Waals surface area (Å²) < 4.78 is 1.15. The van der Waals surface area contributed by atoms with Crippen LogP contribution < -0.4 is 5.32 Å². The van der Waals surface area contributed by atoms with Crippen molar-refractivity contribution in [1.29, 1.82) is 0 Å². The Labute approximate surface area is 126 Å². The van der Waals surface area contributed by atoms with Gasteiger partial charge in [0.2, 0.25) is 0 Å². The highest BCUT2D eigenvalue weighted by Gasteiger charge is 2.16. The molecule has 100 valence electrons. The fourth-order valence-electron chi connectivity index (χ4n) is 2.75. The molecule has 0 aliphatic carbocycles. The summed E-state index contributed by atoms with van der Waals surface area (Å²) in [5.74, 6) is 0. The Morgan fingerprint density at radius 1 is 1.20 bits per heavy atom. The monoisotopic (exact) mass is 300 g/mol. The van der Waals surface area contributed by atoms with E-state index in [1.807, 2.05) is 18.2 Å². The van der Waals surface area contributed by atoms with Crippen molar-refractivity contribution in [3.05, 3.63) is 52.5 Å². The molecule has 4 rings (SSSR count). The zero-order valence-corrected chi connectivity index (χ0v) is 12.4. The zero-order chi connectivity index (χ0) is 13.5. The first kappa shape index (κ1) is 12.3. The minimum absolute atomic E-state index is 0.770. The van der Waals surface area contributed by atoms with Crippen molar-refractivity contribution < 1.29 is 0 Å². The predicted octanol–water partition coefficient (Wildman–Crippen LogP) is 4.26. The van der Waals surface area contributed by atoms with Crippen LogP contribution in [0.4, 0.5) is 0 Å². The number of rotatable bonds is 1. The van der Waals surface area contributed by atoms with E-state index in [-0.39, 0.29) is 0 Å². The summed E-state index contributed by atoms with van der Waals surface area (Å²) >= 11 is 7.78. The van der Waals surface area contributed by atoms with Gasteiger partial charge in [0.25, 0.3) is 0 Å².